The van der Waals surface area contributed by atoms with Crippen LogP contribution in [0.25, 0.3) is 0 Å². The Morgan fingerprint density at radius 2 is 1.88 bits per heavy atom. The number of alkyl halides is 1. The summed E-state index contributed by atoms with van der Waals surface area (Å²) >= 11 is 5.49. The highest BCUT2D eigenvalue weighted by atomic mass is 35.5. The number of aryl methyl sites for hydroxylation is 1. The molecule has 0 unspecified atom stereocenters. The molecule has 1 rings (SSSR count). The van der Waals surface area contributed by atoms with Crippen LogP contribution in [0.15, 0.2) is 24.3 Å². The molecule has 17 heavy (non-hydrogen) atoms. The summed E-state index contributed by atoms with van der Waals surface area (Å²) in [6.07, 6.45) is 0.470. The molecule has 0 fully saturated rings. The first-order chi connectivity index (χ1) is 7.94. The van der Waals surface area contributed by atoms with Crippen LogP contribution in [0.4, 0.5) is 0 Å². The second-order valence-corrected chi connectivity index (χ2v) is 6.36. The van der Waals surface area contributed by atoms with Crippen LogP contribution >= 0.6 is 11.6 Å². The van der Waals surface area contributed by atoms with Crippen molar-refractivity contribution >= 4 is 21.6 Å². The molecule has 1 aromatic carbocycles. The first kappa shape index (κ1) is 14.5. The largest absolute Gasteiger partial charge is 0.212 e. The molecule has 0 spiro atoms. The maximum atomic E-state index is 11.7. The number of hydrogen-bond donors (Lipinski definition) is 1. The molecular weight excluding hydrogens is 258 g/mol. The number of nitrogens with one attached hydrogen (secondary N) is 1. The van der Waals surface area contributed by atoms with E-state index in [1.54, 1.807) is 0 Å². The Morgan fingerprint density at radius 1 is 1.29 bits per heavy atom. The summed E-state index contributed by atoms with van der Waals surface area (Å²) in [6.45, 7) is 3.84. The van der Waals surface area contributed by atoms with Crippen LogP contribution in [0, 0.1) is 6.92 Å². The molecule has 1 aromatic rings. The molecule has 96 valence electrons. The summed E-state index contributed by atoms with van der Waals surface area (Å²) in [6, 6.07) is 7.60. The minimum Gasteiger partial charge on any atom is -0.212 e. The van der Waals surface area contributed by atoms with Gasteiger partial charge in [0.15, 0.2) is 0 Å². The van der Waals surface area contributed by atoms with Gasteiger partial charge in [-0.2, -0.15) is 0 Å². The van der Waals surface area contributed by atoms with Crippen LogP contribution in [0.2, 0.25) is 0 Å². The highest BCUT2D eigenvalue weighted by Crippen LogP contribution is 2.14. The summed E-state index contributed by atoms with van der Waals surface area (Å²) in [5.41, 5.74) is 2.12. The molecule has 0 radical (unpaired) electrons. The van der Waals surface area contributed by atoms with Crippen molar-refractivity contribution in [3.05, 3.63) is 35.4 Å². The third-order valence-electron chi connectivity index (χ3n) is 2.48. The van der Waals surface area contributed by atoms with Crippen LogP contribution in [-0.4, -0.2) is 20.1 Å². The lowest BCUT2D eigenvalue weighted by Gasteiger charge is -2.14. The van der Waals surface area contributed by atoms with Crippen LogP contribution < -0.4 is 4.72 Å². The molecule has 0 saturated carbocycles. The lowest BCUT2D eigenvalue weighted by Crippen LogP contribution is -2.29. The number of hydrogen-bond acceptors (Lipinski definition) is 2. The molecule has 0 amide bonds. The standard InChI is InChI=1S/C12H18ClNO2S/c1-10-4-6-12(7-5-10)11(2)14-17(15,16)9-3-8-13/h4-7,11,14H,3,8-9H2,1-2H3/t11-/m1/s1. The normalized spacial score (nSPS) is 13.6. The minimum absolute atomic E-state index is 0.0761. The first-order valence-corrected chi connectivity index (χ1v) is 7.76. The van der Waals surface area contributed by atoms with Crippen molar-refractivity contribution in [3.8, 4) is 0 Å². The molecule has 0 saturated heterocycles. The highest BCUT2D eigenvalue weighted by molar-refractivity contribution is 7.89. The maximum absolute atomic E-state index is 11.7. The average Bonchev–Trinajstić information content (AvgIpc) is 2.26. The zero-order valence-electron chi connectivity index (χ0n) is 10.1. The molecule has 0 aromatic heterocycles. The van der Waals surface area contributed by atoms with E-state index in [9.17, 15) is 8.42 Å². The van der Waals surface area contributed by atoms with Gasteiger partial charge in [0.2, 0.25) is 10.0 Å². The van der Waals surface area contributed by atoms with Gasteiger partial charge in [0.1, 0.15) is 0 Å². The Morgan fingerprint density at radius 3 is 2.41 bits per heavy atom. The molecule has 5 heteroatoms. The molecule has 1 atom stereocenters. The van der Waals surface area contributed by atoms with Crippen LogP contribution in [0.3, 0.4) is 0 Å². The van der Waals surface area contributed by atoms with E-state index in [0.29, 0.717) is 12.3 Å². The molecule has 1 N–H and O–H groups in total. The molecule has 0 aliphatic carbocycles. The van der Waals surface area contributed by atoms with Crippen molar-refractivity contribution in [1.82, 2.24) is 4.72 Å². The van der Waals surface area contributed by atoms with Crippen molar-refractivity contribution in [2.24, 2.45) is 0 Å². The zero-order valence-corrected chi connectivity index (χ0v) is 11.7. The van der Waals surface area contributed by atoms with Gasteiger partial charge in [0, 0.05) is 11.9 Å². The number of sulfonamides is 1. The van der Waals surface area contributed by atoms with Gasteiger partial charge < -0.3 is 0 Å². The van der Waals surface area contributed by atoms with E-state index in [4.69, 9.17) is 11.6 Å². The van der Waals surface area contributed by atoms with Crippen LogP contribution in [0.5, 0.6) is 0 Å². The third kappa shape index (κ3) is 5.06. The third-order valence-corrected chi connectivity index (χ3v) is 4.29. The lowest BCUT2D eigenvalue weighted by atomic mass is 10.1. The Kier molecular flexibility index (Phi) is 5.43. The summed E-state index contributed by atoms with van der Waals surface area (Å²) < 4.78 is 26.0. The second kappa shape index (κ2) is 6.38. The molecule has 0 aliphatic rings. The Bertz CT molecular complexity index is 442. The van der Waals surface area contributed by atoms with Gasteiger partial charge in [-0.25, -0.2) is 13.1 Å². The molecule has 0 bridgehead atoms. The lowest BCUT2D eigenvalue weighted by molar-refractivity contribution is 0.566. The Balaban J connectivity index is 2.65. The van der Waals surface area contributed by atoms with Gasteiger partial charge in [-0.15, -0.1) is 11.6 Å². The first-order valence-electron chi connectivity index (χ1n) is 5.57. The maximum Gasteiger partial charge on any atom is 0.212 e. The van der Waals surface area contributed by atoms with Gasteiger partial charge in [0.25, 0.3) is 0 Å². The number of benzene rings is 1. The highest BCUT2D eigenvalue weighted by Gasteiger charge is 2.14. The molecule has 0 aliphatic heterocycles. The fraction of sp³-hybridized carbons (Fsp3) is 0.500. The van der Waals surface area contributed by atoms with E-state index in [1.165, 1.54) is 0 Å². The van der Waals surface area contributed by atoms with Gasteiger partial charge in [-0.05, 0) is 25.8 Å². The van der Waals surface area contributed by atoms with Crippen LogP contribution in [0.1, 0.15) is 30.5 Å². The summed E-state index contributed by atoms with van der Waals surface area (Å²) in [7, 11) is -3.24. The van der Waals surface area contributed by atoms with Gasteiger partial charge >= 0.3 is 0 Å². The fourth-order valence-corrected chi connectivity index (χ4v) is 3.11. The minimum atomic E-state index is -3.24. The quantitative estimate of drug-likeness (QED) is 0.811. The topological polar surface area (TPSA) is 46.2 Å². The van der Waals surface area contributed by atoms with Gasteiger partial charge in [0.05, 0.1) is 5.75 Å². The monoisotopic (exact) mass is 275 g/mol. The summed E-state index contributed by atoms with van der Waals surface area (Å²) in [4.78, 5) is 0. The van der Waals surface area contributed by atoms with Crippen molar-refractivity contribution in [3.63, 3.8) is 0 Å². The van der Waals surface area contributed by atoms with E-state index in [-0.39, 0.29) is 11.8 Å². The Labute approximate surface area is 108 Å². The molecule has 3 nitrogen and oxygen atoms in total. The second-order valence-electron chi connectivity index (χ2n) is 4.11. The predicted octanol–water partition coefficient (Wildman–Crippen LogP) is 2.60. The summed E-state index contributed by atoms with van der Waals surface area (Å²) in [5, 5.41) is 0. The Hall–Kier alpha value is -0.580. The smallest absolute Gasteiger partial charge is 0.212 e. The van der Waals surface area contributed by atoms with Gasteiger partial charge in [-0.1, -0.05) is 29.8 Å². The van der Waals surface area contributed by atoms with Gasteiger partial charge in [-0.3, -0.25) is 0 Å². The molecular formula is C12H18ClNO2S. The van der Waals surface area contributed by atoms with E-state index < -0.39 is 10.0 Å². The van der Waals surface area contributed by atoms with Crippen molar-refractivity contribution in [1.29, 1.82) is 0 Å². The van der Waals surface area contributed by atoms with E-state index >= 15 is 0 Å². The average molecular weight is 276 g/mol. The van der Waals surface area contributed by atoms with Crippen molar-refractivity contribution < 1.29 is 8.42 Å². The molecule has 0 heterocycles. The van der Waals surface area contributed by atoms with Crippen molar-refractivity contribution in [2.45, 2.75) is 26.3 Å². The van der Waals surface area contributed by atoms with Crippen LogP contribution in [-0.2, 0) is 10.0 Å². The fourth-order valence-electron chi connectivity index (χ4n) is 1.50. The number of rotatable bonds is 6. The van der Waals surface area contributed by atoms with Crippen molar-refractivity contribution in [2.75, 3.05) is 11.6 Å². The summed E-state index contributed by atoms with van der Waals surface area (Å²) in [5.74, 6) is 0.437. The zero-order chi connectivity index (χ0) is 12.9. The van der Waals surface area contributed by atoms with E-state index in [0.717, 1.165) is 11.1 Å². The SMILES string of the molecule is Cc1ccc([C@@H](C)NS(=O)(=O)CCCCl)cc1. The van der Waals surface area contributed by atoms with E-state index in [1.807, 2.05) is 38.1 Å². The number of halogens is 1. The predicted molar refractivity (Wildman–Crippen MR) is 71.9 cm³/mol. The van der Waals surface area contributed by atoms with E-state index in [2.05, 4.69) is 4.72 Å².